The minimum absolute atomic E-state index is 0.0945. The Kier molecular flexibility index (Phi) is 2.31. The SMILES string of the molecule is C[C@H]1C=C[C@]23O[C@@H]4OC(C)(C)O[C@@H]4[C@H]2OC(=O)[C@@]32CCC[C@@H]12. The molecule has 22 heavy (non-hydrogen) atoms. The summed E-state index contributed by atoms with van der Waals surface area (Å²) in [4.78, 5) is 12.9. The molecule has 5 aliphatic rings. The monoisotopic (exact) mass is 306 g/mol. The van der Waals surface area contributed by atoms with E-state index in [0.29, 0.717) is 11.8 Å². The molecular formula is C17H22O5. The fraction of sp³-hybridized carbons (Fsp3) is 0.824. The summed E-state index contributed by atoms with van der Waals surface area (Å²) in [6.45, 7) is 5.92. The number of carbonyl (C=O) groups excluding carboxylic acids is 1. The summed E-state index contributed by atoms with van der Waals surface area (Å²) in [5, 5.41) is 0. The second-order valence-corrected chi connectivity index (χ2v) is 7.89. The minimum Gasteiger partial charge on any atom is -0.455 e. The van der Waals surface area contributed by atoms with Gasteiger partial charge in [-0.1, -0.05) is 25.5 Å². The second kappa shape index (κ2) is 3.77. The molecule has 5 nitrogen and oxygen atoms in total. The summed E-state index contributed by atoms with van der Waals surface area (Å²) in [6, 6.07) is 0. The highest BCUT2D eigenvalue weighted by Crippen LogP contribution is 2.67. The molecule has 0 N–H and O–H groups in total. The smallest absolute Gasteiger partial charge is 0.316 e. The third-order valence-corrected chi connectivity index (χ3v) is 6.42. The summed E-state index contributed by atoms with van der Waals surface area (Å²) in [7, 11) is 0. The number of hydrogen-bond acceptors (Lipinski definition) is 5. The van der Waals surface area contributed by atoms with Crippen molar-refractivity contribution in [2.24, 2.45) is 17.3 Å². The van der Waals surface area contributed by atoms with Crippen LogP contribution in [0.25, 0.3) is 0 Å². The van der Waals surface area contributed by atoms with Crippen LogP contribution in [-0.4, -0.2) is 35.9 Å². The maximum absolute atomic E-state index is 12.9. The molecule has 0 aromatic rings. The fourth-order valence-electron chi connectivity index (χ4n) is 5.64. The molecule has 3 aliphatic heterocycles. The van der Waals surface area contributed by atoms with E-state index in [0.717, 1.165) is 19.3 Å². The first-order valence-corrected chi connectivity index (χ1v) is 8.34. The number of ether oxygens (including phenoxy) is 4. The van der Waals surface area contributed by atoms with Crippen LogP contribution < -0.4 is 0 Å². The first kappa shape index (κ1) is 13.5. The lowest BCUT2D eigenvalue weighted by molar-refractivity contribution is -0.238. The van der Waals surface area contributed by atoms with E-state index in [2.05, 4.69) is 19.1 Å². The van der Waals surface area contributed by atoms with Gasteiger partial charge in [-0.2, -0.15) is 0 Å². The van der Waals surface area contributed by atoms with Crippen LogP contribution in [0.15, 0.2) is 12.2 Å². The molecule has 2 spiro atoms. The van der Waals surface area contributed by atoms with Gasteiger partial charge in [0.05, 0.1) is 0 Å². The van der Waals surface area contributed by atoms with Gasteiger partial charge in [0, 0.05) is 0 Å². The van der Waals surface area contributed by atoms with E-state index in [1.165, 1.54) is 0 Å². The molecule has 0 amide bonds. The van der Waals surface area contributed by atoms with Crippen molar-refractivity contribution in [2.75, 3.05) is 0 Å². The average molecular weight is 306 g/mol. The molecule has 0 unspecified atom stereocenters. The zero-order chi connectivity index (χ0) is 15.3. The van der Waals surface area contributed by atoms with Gasteiger partial charge in [0.2, 0.25) is 0 Å². The quantitative estimate of drug-likeness (QED) is 0.507. The number of rotatable bonds is 0. The molecule has 5 heteroatoms. The highest BCUT2D eigenvalue weighted by atomic mass is 16.8. The van der Waals surface area contributed by atoms with Gasteiger partial charge in [-0.15, -0.1) is 0 Å². The zero-order valence-electron chi connectivity index (χ0n) is 13.2. The molecule has 0 bridgehead atoms. The highest BCUT2D eigenvalue weighted by Gasteiger charge is 2.80. The van der Waals surface area contributed by atoms with Crippen LogP contribution in [0.1, 0.15) is 40.0 Å². The maximum atomic E-state index is 12.9. The Morgan fingerprint density at radius 1 is 1.23 bits per heavy atom. The standard InChI is InChI=1S/C17H22O5/c1-9-6-8-17-12(11-13(22-17)21-15(2,3)20-11)19-14(18)16(17)7-4-5-10(9)16/h6,8-13H,4-5,7H2,1-3H3/t9-,10-,11+,12+,13-,16-,17-/m0/s1. The Morgan fingerprint density at radius 3 is 2.86 bits per heavy atom. The topological polar surface area (TPSA) is 54.0 Å². The summed E-state index contributed by atoms with van der Waals surface area (Å²) in [5.41, 5.74) is -1.25. The second-order valence-electron chi connectivity index (χ2n) is 7.89. The summed E-state index contributed by atoms with van der Waals surface area (Å²) >= 11 is 0. The lowest BCUT2D eigenvalue weighted by Crippen LogP contribution is -2.56. The predicted octanol–water partition coefficient (Wildman–Crippen LogP) is 2.15. The predicted molar refractivity (Wildman–Crippen MR) is 75.6 cm³/mol. The van der Waals surface area contributed by atoms with Crippen molar-refractivity contribution < 1.29 is 23.7 Å². The maximum Gasteiger partial charge on any atom is 0.316 e. The minimum atomic E-state index is -0.705. The number of fused-ring (bicyclic) bond motifs is 2. The van der Waals surface area contributed by atoms with Crippen LogP contribution in [0.4, 0.5) is 0 Å². The molecule has 4 fully saturated rings. The van der Waals surface area contributed by atoms with Crippen molar-refractivity contribution in [1.82, 2.24) is 0 Å². The van der Waals surface area contributed by atoms with Crippen molar-refractivity contribution >= 4 is 5.97 Å². The van der Waals surface area contributed by atoms with Gasteiger partial charge in [-0.3, -0.25) is 4.79 Å². The van der Waals surface area contributed by atoms with Gasteiger partial charge in [-0.05, 0) is 38.5 Å². The lowest BCUT2D eigenvalue weighted by atomic mass is 9.58. The van der Waals surface area contributed by atoms with E-state index >= 15 is 0 Å². The molecule has 3 heterocycles. The van der Waals surface area contributed by atoms with Gasteiger partial charge in [-0.25, -0.2) is 0 Å². The van der Waals surface area contributed by atoms with Crippen molar-refractivity contribution in [3.05, 3.63) is 12.2 Å². The Balaban J connectivity index is 1.64. The van der Waals surface area contributed by atoms with Crippen LogP contribution in [0.3, 0.4) is 0 Å². The Bertz CT molecular complexity index is 584. The molecule has 0 aromatic carbocycles. The van der Waals surface area contributed by atoms with E-state index in [1.54, 1.807) is 0 Å². The Morgan fingerprint density at radius 2 is 2.05 bits per heavy atom. The van der Waals surface area contributed by atoms with Gasteiger partial charge < -0.3 is 18.9 Å². The summed E-state index contributed by atoms with van der Waals surface area (Å²) < 4.78 is 24.1. The molecule has 1 saturated carbocycles. The molecule has 5 rings (SSSR count). The van der Waals surface area contributed by atoms with Crippen molar-refractivity contribution in [3.63, 3.8) is 0 Å². The summed E-state index contributed by atoms with van der Waals surface area (Å²) in [5.74, 6) is -0.119. The molecule has 7 atom stereocenters. The third-order valence-electron chi connectivity index (χ3n) is 6.42. The van der Waals surface area contributed by atoms with Gasteiger partial charge in [0.15, 0.2) is 24.3 Å². The van der Waals surface area contributed by atoms with Crippen molar-refractivity contribution in [2.45, 2.75) is 69.9 Å². The Labute approximate surface area is 129 Å². The van der Waals surface area contributed by atoms with Crippen molar-refractivity contribution in [1.29, 1.82) is 0 Å². The first-order valence-electron chi connectivity index (χ1n) is 8.34. The van der Waals surface area contributed by atoms with E-state index in [4.69, 9.17) is 18.9 Å². The fourth-order valence-corrected chi connectivity index (χ4v) is 5.64. The molecule has 2 aliphatic carbocycles. The average Bonchev–Trinajstić information content (AvgIpc) is 3.12. The van der Waals surface area contributed by atoms with Crippen LogP contribution in [0.5, 0.6) is 0 Å². The number of carbonyl (C=O) groups is 1. The van der Waals surface area contributed by atoms with Crippen LogP contribution in [0, 0.1) is 17.3 Å². The van der Waals surface area contributed by atoms with E-state index < -0.39 is 29.2 Å². The van der Waals surface area contributed by atoms with Crippen molar-refractivity contribution in [3.8, 4) is 0 Å². The first-order chi connectivity index (χ1) is 10.4. The van der Waals surface area contributed by atoms with Gasteiger partial charge in [0.25, 0.3) is 0 Å². The molecule has 0 aromatic heterocycles. The number of esters is 1. The number of hydrogen-bond donors (Lipinski definition) is 0. The zero-order valence-corrected chi connectivity index (χ0v) is 13.2. The van der Waals surface area contributed by atoms with E-state index in [1.807, 2.05) is 13.8 Å². The van der Waals surface area contributed by atoms with Crippen LogP contribution in [0.2, 0.25) is 0 Å². The van der Waals surface area contributed by atoms with Crippen LogP contribution >= 0.6 is 0 Å². The van der Waals surface area contributed by atoms with Gasteiger partial charge in [0.1, 0.15) is 11.0 Å². The van der Waals surface area contributed by atoms with Gasteiger partial charge >= 0.3 is 5.97 Å². The molecule has 120 valence electrons. The Hall–Kier alpha value is -0.910. The highest BCUT2D eigenvalue weighted by molar-refractivity contribution is 5.84. The lowest BCUT2D eigenvalue weighted by Gasteiger charge is -2.45. The number of allylic oxidation sites excluding steroid dienone is 1. The normalized spacial score (nSPS) is 57.2. The largest absolute Gasteiger partial charge is 0.455 e. The third kappa shape index (κ3) is 1.27. The molecule has 0 radical (unpaired) electrons. The van der Waals surface area contributed by atoms with E-state index in [-0.39, 0.29) is 12.1 Å². The van der Waals surface area contributed by atoms with E-state index in [9.17, 15) is 4.79 Å². The van der Waals surface area contributed by atoms with Crippen LogP contribution in [-0.2, 0) is 23.7 Å². The summed E-state index contributed by atoms with van der Waals surface area (Å²) in [6.07, 6.45) is 6.03. The molecule has 3 saturated heterocycles. The molecular weight excluding hydrogens is 284 g/mol.